The monoisotopic (exact) mass is 205 g/mol. The lowest BCUT2D eigenvalue weighted by molar-refractivity contribution is -0.138. The van der Waals surface area contributed by atoms with Crippen molar-refractivity contribution in [3.8, 4) is 0 Å². The van der Waals surface area contributed by atoms with Crippen molar-refractivity contribution in [2.45, 2.75) is 6.04 Å². The number of thioether (sulfide) groups is 1. The average molecular weight is 205 g/mol. The SMILES string of the molecule is C=C(SCC(N)C(=O)O)C(=O)OC. The Bertz CT molecular complexity index is 229. The molecular formula is C7H11NO4S. The summed E-state index contributed by atoms with van der Waals surface area (Å²) < 4.78 is 4.36. The van der Waals surface area contributed by atoms with Crippen LogP contribution in [-0.2, 0) is 14.3 Å². The van der Waals surface area contributed by atoms with Crippen LogP contribution in [0.3, 0.4) is 0 Å². The fraction of sp³-hybridized carbons (Fsp3) is 0.429. The molecule has 0 saturated heterocycles. The standard InChI is InChI=1S/C7H11NO4S/c1-4(7(11)12-2)13-3-5(8)6(9)10/h5H,1,3,8H2,2H3,(H,9,10). The van der Waals surface area contributed by atoms with E-state index >= 15 is 0 Å². The minimum absolute atomic E-state index is 0.100. The van der Waals surface area contributed by atoms with Gasteiger partial charge in [0.15, 0.2) is 0 Å². The molecular weight excluding hydrogens is 194 g/mol. The number of aliphatic carboxylic acids is 1. The third-order valence-electron chi connectivity index (χ3n) is 1.17. The van der Waals surface area contributed by atoms with E-state index in [0.717, 1.165) is 11.8 Å². The number of hydrogen-bond donors (Lipinski definition) is 2. The molecule has 0 aromatic rings. The molecule has 1 unspecified atom stereocenters. The number of ether oxygens (including phenoxy) is 1. The Morgan fingerprint density at radius 3 is 2.62 bits per heavy atom. The van der Waals surface area contributed by atoms with Crippen molar-refractivity contribution in [2.75, 3.05) is 12.9 Å². The van der Waals surface area contributed by atoms with Gasteiger partial charge < -0.3 is 15.6 Å². The van der Waals surface area contributed by atoms with E-state index in [2.05, 4.69) is 11.3 Å². The highest BCUT2D eigenvalue weighted by atomic mass is 32.2. The van der Waals surface area contributed by atoms with Crippen LogP contribution in [0.15, 0.2) is 11.5 Å². The number of hydrogen-bond acceptors (Lipinski definition) is 5. The maximum Gasteiger partial charge on any atom is 0.343 e. The van der Waals surface area contributed by atoms with Crippen molar-refractivity contribution in [1.29, 1.82) is 0 Å². The predicted molar refractivity (Wildman–Crippen MR) is 49.2 cm³/mol. The molecule has 0 bridgehead atoms. The fourth-order valence-electron chi connectivity index (χ4n) is 0.434. The molecule has 0 heterocycles. The van der Waals surface area contributed by atoms with Gasteiger partial charge in [0, 0.05) is 5.75 Å². The molecule has 74 valence electrons. The van der Waals surface area contributed by atoms with Gasteiger partial charge in [-0.05, 0) is 0 Å². The van der Waals surface area contributed by atoms with E-state index in [1.807, 2.05) is 0 Å². The lowest BCUT2D eigenvalue weighted by Gasteiger charge is -2.06. The quantitative estimate of drug-likeness (QED) is 0.478. The first-order chi connectivity index (χ1) is 5.99. The van der Waals surface area contributed by atoms with E-state index in [0.29, 0.717) is 0 Å². The van der Waals surface area contributed by atoms with Crippen molar-refractivity contribution in [2.24, 2.45) is 5.73 Å². The van der Waals surface area contributed by atoms with Crippen LogP contribution in [-0.4, -0.2) is 35.9 Å². The summed E-state index contributed by atoms with van der Waals surface area (Å²) in [7, 11) is 1.23. The van der Waals surface area contributed by atoms with Gasteiger partial charge in [0.2, 0.25) is 0 Å². The van der Waals surface area contributed by atoms with Crippen LogP contribution in [0.25, 0.3) is 0 Å². The molecule has 6 heteroatoms. The van der Waals surface area contributed by atoms with Gasteiger partial charge in [-0.2, -0.15) is 0 Å². The number of carboxylic acids is 1. The lowest BCUT2D eigenvalue weighted by atomic mass is 10.4. The van der Waals surface area contributed by atoms with E-state index in [1.54, 1.807) is 0 Å². The topological polar surface area (TPSA) is 89.6 Å². The molecule has 0 saturated carbocycles. The minimum atomic E-state index is -1.11. The first kappa shape index (κ1) is 12.0. The second-order valence-corrected chi connectivity index (χ2v) is 3.29. The molecule has 0 radical (unpaired) electrons. The highest BCUT2D eigenvalue weighted by molar-refractivity contribution is 8.04. The number of rotatable bonds is 5. The second kappa shape index (κ2) is 5.60. The van der Waals surface area contributed by atoms with Crippen LogP contribution >= 0.6 is 11.8 Å². The summed E-state index contributed by atoms with van der Waals surface area (Å²) in [6.07, 6.45) is 0. The van der Waals surface area contributed by atoms with Gasteiger partial charge in [0.05, 0.1) is 12.0 Å². The second-order valence-electron chi connectivity index (χ2n) is 2.17. The summed E-state index contributed by atoms with van der Waals surface area (Å²) >= 11 is 0.971. The molecule has 3 N–H and O–H groups in total. The van der Waals surface area contributed by atoms with Gasteiger partial charge in [0.25, 0.3) is 0 Å². The maximum absolute atomic E-state index is 10.8. The Morgan fingerprint density at radius 2 is 2.23 bits per heavy atom. The van der Waals surface area contributed by atoms with Crippen LogP contribution in [0, 0.1) is 0 Å². The van der Waals surface area contributed by atoms with E-state index < -0.39 is 18.0 Å². The van der Waals surface area contributed by atoms with Crippen molar-refractivity contribution in [1.82, 2.24) is 0 Å². The fourth-order valence-corrected chi connectivity index (χ4v) is 1.16. The smallest absolute Gasteiger partial charge is 0.343 e. The zero-order valence-corrected chi connectivity index (χ0v) is 7.97. The van der Waals surface area contributed by atoms with Crippen molar-refractivity contribution >= 4 is 23.7 Å². The van der Waals surface area contributed by atoms with Gasteiger partial charge in [-0.1, -0.05) is 6.58 Å². The molecule has 0 aliphatic heterocycles. The summed E-state index contributed by atoms with van der Waals surface area (Å²) in [5, 5.41) is 8.41. The summed E-state index contributed by atoms with van der Waals surface area (Å²) in [5.41, 5.74) is 5.19. The number of carboxylic acid groups (broad SMARTS) is 1. The van der Waals surface area contributed by atoms with Crippen LogP contribution in [0.2, 0.25) is 0 Å². The zero-order chi connectivity index (χ0) is 10.4. The Morgan fingerprint density at radius 1 is 1.69 bits per heavy atom. The molecule has 13 heavy (non-hydrogen) atoms. The third-order valence-corrected chi connectivity index (χ3v) is 2.21. The number of nitrogens with two attached hydrogens (primary N) is 1. The van der Waals surface area contributed by atoms with Crippen molar-refractivity contribution in [3.63, 3.8) is 0 Å². The van der Waals surface area contributed by atoms with Gasteiger partial charge in [-0.25, -0.2) is 4.79 Å². The summed E-state index contributed by atoms with van der Waals surface area (Å²) in [5.74, 6) is -1.57. The van der Waals surface area contributed by atoms with Crippen LogP contribution < -0.4 is 5.73 Å². The number of methoxy groups -OCH3 is 1. The largest absolute Gasteiger partial charge is 0.480 e. The van der Waals surface area contributed by atoms with Crippen LogP contribution in [0.1, 0.15) is 0 Å². The summed E-state index contributed by atoms with van der Waals surface area (Å²) in [6, 6.07) is -0.994. The Balaban J connectivity index is 3.83. The highest BCUT2D eigenvalue weighted by Crippen LogP contribution is 2.15. The maximum atomic E-state index is 10.8. The van der Waals surface area contributed by atoms with Crippen molar-refractivity contribution in [3.05, 3.63) is 11.5 Å². The van der Waals surface area contributed by atoms with E-state index in [4.69, 9.17) is 10.8 Å². The molecule has 0 aliphatic carbocycles. The Hall–Kier alpha value is -1.01. The normalized spacial score (nSPS) is 11.8. The van der Waals surface area contributed by atoms with E-state index in [9.17, 15) is 9.59 Å². The van der Waals surface area contributed by atoms with Gasteiger partial charge in [-0.3, -0.25) is 4.79 Å². The van der Waals surface area contributed by atoms with Gasteiger partial charge in [-0.15, -0.1) is 11.8 Å². The first-order valence-corrected chi connectivity index (χ1v) is 4.36. The first-order valence-electron chi connectivity index (χ1n) is 3.37. The van der Waals surface area contributed by atoms with E-state index in [1.165, 1.54) is 7.11 Å². The number of esters is 1. The molecule has 0 aromatic heterocycles. The number of carbonyl (C=O) groups excluding carboxylic acids is 1. The van der Waals surface area contributed by atoms with Crippen molar-refractivity contribution < 1.29 is 19.4 Å². The zero-order valence-electron chi connectivity index (χ0n) is 7.15. The Labute approximate surface area is 79.9 Å². The molecule has 1 atom stereocenters. The lowest BCUT2D eigenvalue weighted by Crippen LogP contribution is -2.32. The van der Waals surface area contributed by atoms with Gasteiger partial charge in [0.1, 0.15) is 6.04 Å². The summed E-state index contributed by atoms with van der Waals surface area (Å²) in [6.45, 7) is 3.40. The minimum Gasteiger partial charge on any atom is -0.480 e. The third kappa shape index (κ3) is 4.54. The highest BCUT2D eigenvalue weighted by Gasteiger charge is 2.14. The molecule has 0 aromatic carbocycles. The van der Waals surface area contributed by atoms with E-state index in [-0.39, 0.29) is 10.7 Å². The summed E-state index contributed by atoms with van der Waals surface area (Å²) in [4.78, 5) is 21.2. The molecule has 0 fully saturated rings. The molecule has 0 rings (SSSR count). The molecule has 0 spiro atoms. The van der Waals surface area contributed by atoms with Crippen LogP contribution in [0.5, 0.6) is 0 Å². The number of carbonyl (C=O) groups is 2. The Kier molecular flexibility index (Phi) is 5.17. The molecule has 0 amide bonds. The van der Waals surface area contributed by atoms with Crippen LogP contribution in [0.4, 0.5) is 0 Å². The molecule has 0 aliphatic rings. The van der Waals surface area contributed by atoms with Gasteiger partial charge >= 0.3 is 11.9 Å². The molecule has 5 nitrogen and oxygen atoms in total. The predicted octanol–water partition coefficient (Wildman–Crippen LogP) is -0.182. The average Bonchev–Trinajstić information content (AvgIpc) is 2.11.